The second kappa shape index (κ2) is 6.70. The van der Waals surface area contributed by atoms with Crippen molar-refractivity contribution in [3.05, 3.63) is 24.3 Å². The number of cyclic esters (lactones) is 1. The zero-order chi connectivity index (χ0) is 16.4. The molecule has 23 heavy (non-hydrogen) atoms. The molecule has 2 saturated heterocycles. The molecule has 0 radical (unpaired) electrons. The number of carbonyl (C=O) groups excluding carboxylic acids is 2. The van der Waals surface area contributed by atoms with Crippen molar-refractivity contribution in [3.8, 4) is 5.75 Å². The normalized spacial score (nSPS) is 21.7. The van der Waals surface area contributed by atoms with Crippen molar-refractivity contribution >= 4 is 23.8 Å². The summed E-state index contributed by atoms with van der Waals surface area (Å²) in [6.45, 7) is 3.97. The molecule has 0 bridgehead atoms. The topological polar surface area (TPSA) is 59.1 Å². The van der Waals surface area contributed by atoms with Crippen molar-refractivity contribution in [2.24, 2.45) is 0 Å². The summed E-state index contributed by atoms with van der Waals surface area (Å²) in [7, 11) is 1.63. The Bertz CT molecular complexity index is 592. The lowest BCUT2D eigenvalue weighted by Crippen LogP contribution is -2.55. The molecule has 2 aliphatic rings. The van der Waals surface area contributed by atoms with Crippen molar-refractivity contribution in [1.29, 1.82) is 0 Å². The maximum absolute atomic E-state index is 12.6. The van der Waals surface area contributed by atoms with Gasteiger partial charge in [0.1, 0.15) is 12.4 Å². The molecule has 2 aliphatic heterocycles. The molecule has 0 spiro atoms. The molecule has 3 rings (SSSR count). The minimum absolute atomic E-state index is 0.00149. The van der Waals surface area contributed by atoms with Gasteiger partial charge in [-0.05, 0) is 31.2 Å². The highest BCUT2D eigenvalue weighted by molar-refractivity contribution is 8.00. The Morgan fingerprint density at radius 3 is 2.78 bits per heavy atom. The lowest BCUT2D eigenvalue weighted by atomic mass is 10.2. The molecule has 0 unspecified atom stereocenters. The number of nitrogens with zero attached hydrogens (tertiary/aromatic N) is 2. The molecule has 1 aromatic carbocycles. The van der Waals surface area contributed by atoms with Crippen LogP contribution in [0.1, 0.15) is 6.92 Å². The van der Waals surface area contributed by atoms with Gasteiger partial charge in [0.25, 0.3) is 0 Å². The third kappa shape index (κ3) is 3.39. The average Bonchev–Trinajstić information content (AvgIpc) is 2.95. The van der Waals surface area contributed by atoms with Crippen molar-refractivity contribution in [1.82, 2.24) is 9.80 Å². The van der Waals surface area contributed by atoms with Gasteiger partial charge in [-0.15, -0.1) is 11.8 Å². The number of ether oxygens (including phenoxy) is 2. The first-order valence-corrected chi connectivity index (χ1v) is 8.49. The summed E-state index contributed by atoms with van der Waals surface area (Å²) in [5, 5.41) is -0.173. The first kappa shape index (κ1) is 16.0. The summed E-state index contributed by atoms with van der Waals surface area (Å²) in [4.78, 5) is 28.7. The van der Waals surface area contributed by atoms with Gasteiger partial charge in [-0.1, -0.05) is 0 Å². The zero-order valence-electron chi connectivity index (χ0n) is 13.2. The summed E-state index contributed by atoms with van der Waals surface area (Å²) >= 11 is 1.53. The van der Waals surface area contributed by atoms with Gasteiger partial charge in [-0.25, -0.2) is 4.79 Å². The van der Waals surface area contributed by atoms with E-state index < -0.39 is 0 Å². The van der Waals surface area contributed by atoms with E-state index in [2.05, 4.69) is 0 Å². The number of piperazine rings is 1. The molecule has 124 valence electrons. The summed E-state index contributed by atoms with van der Waals surface area (Å²) in [6, 6.07) is 7.68. The van der Waals surface area contributed by atoms with E-state index in [0.29, 0.717) is 26.2 Å². The number of hydrogen-bond donors (Lipinski definition) is 0. The van der Waals surface area contributed by atoms with Crippen molar-refractivity contribution in [2.45, 2.75) is 23.1 Å². The van der Waals surface area contributed by atoms with E-state index in [-0.39, 0.29) is 23.3 Å². The van der Waals surface area contributed by atoms with Gasteiger partial charge in [0, 0.05) is 24.5 Å². The fourth-order valence-corrected chi connectivity index (χ4v) is 3.81. The van der Waals surface area contributed by atoms with Gasteiger partial charge in [-0.2, -0.15) is 0 Å². The summed E-state index contributed by atoms with van der Waals surface area (Å²) < 4.78 is 10.2. The zero-order valence-corrected chi connectivity index (χ0v) is 14.0. The second-order valence-electron chi connectivity index (χ2n) is 5.64. The molecule has 6 nitrogen and oxygen atoms in total. The highest BCUT2D eigenvalue weighted by Gasteiger charge is 2.39. The van der Waals surface area contributed by atoms with E-state index >= 15 is 0 Å². The van der Waals surface area contributed by atoms with Gasteiger partial charge in [0.2, 0.25) is 5.91 Å². The highest BCUT2D eigenvalue weighted by atomic mass is 32.2. The summed E-state index contributed by atoms with van der Waals surface area (Å²) in [5.41, 5.74) is 0. The fourth-order valence-electron chi connectivity index (χ4n) is 2.85. The highest BCUT2D eigenvalue weighted by Crippen LogP contribution is 2.27. The first-order valence-electron chi connectivity index (χ1n) is 7.61. The maximum Gasteiger partial charge on any atom is 0.410 e. The monoisotopic (exact) mass is 336 g/mol. The third-order valence-corrected chi connectivity index (χ3v) is 5.25. The number of amides is 2. The van der Waals surface area contributed by atoms with Crippen LogP contribution in [0.2, 0.25) is 0 Å². The predicted molar refractivity (Wildman–Crippen MR) is 86.7 cm³/mol. The number of hydrogen-bond acceptors (Lipinski definition) is 5. The molecule has 7 heteroatoms. The minimum Gasteiger partial charge on any atom is -0.497 e. The minimum atomic E-state index is -0.261. The lowest BCUT2D eigenvalue weighted by molar-refractivity contribution is -0.132. The van der Waals surface area contributed by atoms with E-state index in [0.717, 1.165) is 10.6 Å². The molecule has 2 heterocycles. The molecular weight excluding hydrogens is 316 g/mol. The number of carbonyl (C=O) groups is 2. The van der Waals surface area contributed by atoms with Crippen molar-refractivity contribution in [3.63, 3.8) is 0 Å². The number of thioether (sulfide) groups is 1. The SMILES string of the molecule is COc1ccc(S[C@H](C)C(=O)N2CCN3C(=O)OC[C@H]3C2)cc1. The van der Waals surface area contributed by atoms with Crippen LogP contribution in [0.5, 0.6) is 5.75 Å². The smallest absolute Gasteiger partial charge is 0.410 e. The number of benzene rings is 1. The van der Waals surface area contributed by atoms with Gasteiger partial charge >= 0.3 is 6.09 Å². The molecule has 0 aliphatic carbocycles. The molecule has 0 N–H and O–H groups in total. The largest absolute Gasteiger partial charge is 0.497 e. The molecular formula is C16H20N2O4S. The Balaban J connectivity index is 1.57. The maximum atomic E-state index is 12.6. The van der Waals surface area contributed by atoms with Crippen LogP contribution in [-0.2, 0) is 9.53 Å². The Morgan fingerprint density at radius 1 is 1.35 bits per heavy atom. The Labute approximate surface area is 139 Å². The van der Waals surface area contributed by atoms with E-state index in [1.54, 1.807) is 12.0 Å². The molecule has 2 fully saturated rings. The van der Waals surface area contributed by atoms with E-state index in [1.165, 1.54) is 11.8 Å². The van der Waals surface area contributed by atoms with E-state index in [9.17, 15) is 9.59 Å². The van der Waals surface area contributed by atoms with Crippen LogP contribution < -0.4 is 4.74 Å². The molecule has 0 aromatic heterocycles. The van der Waals surface area contributed by atoms with Crippen molar-refractivity contribution < 1.29 is 19.1 Å². The van der Waals surface area contributed by atoms with Gasteiger partial charge in [0.05, 0.1) is 18.4 Å². The van der Waals surface area contributed by atoms with Crippen LogP contribution in [0.4, 0.5) is 4.79 Å². The molecule has 0 saturated carbocycles. The van der Waals surface area contributed by atoms with Gasteiger partial charge in [0.15, 0.2) is 0 Å². The molecule has 1 aromatic rings. The van der Waals surface area contributed by atoms with Crippen LogP contribution >= 0.6 is 11.8 Å². The van der Waals surface area contributed by atoms with Gasteiger partial charge in [-0.3, -0.25) is 9.69 Å². The average molecular weight is 336 g/mol. The van der Waals surface area contributed by atoms with Crippen LogP contribution in [0.3, 0.4) is 0 Å². The standard InChI is InChI=1S/C16H20N2O4S/c1-11(23-14-5-3-13(21-2)4-6-14)15(19)17-7-8-18-12(9-17)10-22-16(18)20/h3-6,11-12H,7-10H2,1-2H3/t11-,12-/m1/s1. The summed E-state index contributed by atoms with van der Waals surface area (Å²) in [5.74, 6) is 0.903. The Morgan fingerprint density at radius 2 is 2.09 bits per heavy atom. The van der Waals surface area contributed by atoms with Crippen LogP contribution in [0, 0.1) is 0 Å². The Hall–Kier alpha value is -1.89. The van der Waals surface area contributed by atoms with E-state index in [4.69, 9.17) is 9.47 Å². The molecule has 2 atom stereocenters. The second-order valence-corrected chi connectivity index (χ2v) is 7.06. The van der Waals surface area contributed by atoms with Gasteiger partial charge < -0.3 is 14.4 Å². The van der Waals surface area contributed by atoms with Crippen molar-refractivity contribution in [2.75, 3.05) is 33.4 Å². The lowest BCUT2D eigenvalue weighted by Gasteiger charge is -2.36. The van der Waals surface area contributed by atoms with Crippen LogP contribution in [-0.4, -0.2) is 66.4 Å². The number of fused-ring (bicyclic) bond motifs is 1. The first-order chi connectivity index (χ1) is 11.1. The van der Waals surface area contributed by atoms with Crippen LogP contribution in [0.25, 0.3) is 0 Å². The predicted octanol–water partition coefficient (Wildman–Crippen LogP) is 1.84. The number of rotatable bonds is 4. The Kier molecular flexibility index (Phi) is 4.66. The van der Waals surface area contributed by atoms with E-state index in [1.807, 2.05) is 36.1 Å². The van der Waals surface area contributed by atoms with Crippen LogP contribution in [0.15, 0.2) is 29.2 Å². The quantitative estimate of drug-likeness (QED) is 0.785. The number of methoxy groups -OCH3 is 1. The molecule has 2 amide bonds. The summed E-state index contributed by atoms with van der Waals surface area (Å²) in [6.07, 6.45) is -0.261. The fraction of sp³-hybridized carbons (Fsp3) is 0.500. The third-order valence-electron chi connectivity index (χ3n) is 4.15.